The second-order valence-electron chi connectivity index (χ2n) is 8.47. The van der Waals surface area contributed by atoms with Crippen LogP contribution in [0.1, 0.15) is 35.3 Å². The number of hydrogen-bond acceptors (Lipinski definition) is 4. The van der Waals surface area contributed by atoms with Crippen LogP contribution in [0.25, 0.3) is 0 Å². The molecule has 4 rings (SSSR count). The maximum Gasteiger partial charge on any atom is 0.108 e. The van der Waals surface area contributed by atoms with Gasteiger partial charge in [0, 0.05) is 39.3 Å². The van der Waals surface area contributed by atoms with Crippen molar-refractivity contribution in [1.29, 1.82) is 0 Å². The Morgan fingerprint density at radius 3 is 1.56 bits per heavy atom. The lowest BCUT2D eigenvalue weighted by Crippen LogP contribution is -2.47. The summed E-state index contributed by atoms with van der Waals surface area (Å²) < 4.78 is 6.38. The first kappa shape index (κ1) is 22.7. The number of benzene rings is 3. The van der Waals surface area contributed by atoms with Crippen LogP contribution >= 0.6 is 0 Å². The molecule has 168 valence electrons. The number of piperazine rings is 1. The van der Waals surface area contributed by atoms with Crippen molar-refractivity contribution in [1.82, 2.24) is 9.80 Å². The number of nitrogens with zero attached hydrogens (tertiary/aromatic N) is 2. The predicted octanol–water partition coefficient (Wildman–Crippen LogP) is 4.53. The first-order valence-corrected chi connectivity index (χ1v) is 11.7. The molecule has 0 bridgehead atoms. The van der Waals surface area contributed by atoms with E-state index in [1.165, 1.54) is 11.1 Å². The molecule has 0 unspecified atom stereocenters. The van der Waals surface area contributed by atoms with Crippen LogP contribution in [0.3, 0.4) is 0 Å². The monoisotopic (exact) mass is 430 g/mol. The maximum absolute atomic E-state index is 10.4. The zero-order valence-corrected chi connectivity index (χ0v) is 18.7. The van der Waals surface area contributed by atoms with Crippen molar-refractivity contribution in [2.45, 2.75) is 18.6 Å². The highest BCUT2D eigenvalue weighted by Gasteiger charge is 2.19. The van der Waals surface area contributed by atoms with E-state index >= 15 is 0 Å². The van der Waals surface area contributed by atoms with Crippen molar-refractivity contribution in [3.8, 4) is 0 Å². The van der Waals surface area contributed by atoms with Gasteiger partial charge in [0.25, 0.3) is 0 Å². The van der Waals surface area contributed by atoms with Gasteiger partial charge in [0.1, 0.15) is 6.10 Å². The Bertz CT molecular complexity index is 857. The van der Waals surface area contributed by atoms with Gasteiger partial charge in [0.2, 0.25) is 0 Å². The molecule has 1 fully saturated rings. The fraction of sp³-hybridized carbons (Fsp3) is 0.357. The summed E-state index contributed by atoms with van der Waals surface area (Å²) >= 11 is 0. The second-order valence-corrected chi connectivity index (χ2v) is 8.47. The van der Waals surface area contributed by atoms with E-state index in [0.717, 1.165) is 51.3 Å². The lowest BCUT2D eigenvalue weighted by molar-refractivity contribution is 0.0426. The third-order valence-corrected chi connectivity index (χ3v) is 6.26. The molecule has 0 spiro atoms. The van der Waals surface area contributed by atoms with Crippen LogP contribution in [0.2, 0.25) is 0 Å². The van der Waals surface area contributed by atoms with Crippen molar-refractivity contribution in [2.75, 3.05) is 45.9 Å². The maximum atomic E-state index is 10.4. The first-order valence-electron chi connectivity index (χ1n) is 11.7. The molecule has 1 N–H and O–H groups in total. The van der Waals surface area contributed by atoms with Crippen molar-refractivity contribution in [3.05, 3.63) is 108 Å². The number of aliphatic hydroxyl groups is 1. The van der Waals surface area contributed by atoms with E-state index in [4.69, 9.17) is 4.74 Å². The van der Waals surface area contributed by atoms with Crippen LogP contribution in [-0.2, 0) is 4.74 Å². The molecule has 1 atom stereocenters. The normalized spacial score (nSPS) is 16.3. The topological polar surface area (TPSA) is 35.9 Å². The third-order valence-electron chi connectivity index (χ3n) is 6.26. The lowest BCUT2D eigenvalue weighted by atomic mass is 10.0. The van der Waals surface area contributed by atoms with Crippen LogP contribution in [0.4, 0.5) is 0 Å². The number of ether oxygens (including phenoxy) is 1. The second kappa shape index (κ2) is 11.9. The molecule has 4 nitrogen and oxygen atoms in total. The summed E-state index contributed by atoms with van der Waals surface area (Å²) in [5.74, 6) is 0. The van der Waals surface area contributed by atoms with Gasteiger partial charge in [-0.05, 0) is 23.1 Å². The molecule has 1 aliphatic heterocycles. The Morgan fingerprint density at radius 1 is 0.625 bits per heavy atom. The first-order chi connectivity index (χ1) is 15.8. The van der Waals surface area contributed by atoms with E-state index in [0.29, 0.717) is 6.61 Å². The molecular weight excluding hydrogens is 396 g/mol. The zero-order valence-electron chi connectivity index (χ0n) is 18.7. The quantitative estimate of drug-likeness (QED) is 0.513. The molecule has 1 aliphatic rings. The molecular formula is C28H34N2O2. The highest BCUT2D eigenvalue weighted by molar-refractivity contribution is 5.29. The zero-order chi connectivity index (χ0) is 22.0. The van der Waals surface area contributed by atoms with Gasteiger partial charge in [-0.15, -0.1) is 0 Å². The third kappa shape index (κ3) is 6.50. The van der Waals surface area contributed by atoms with Crippen LogP contribution < -0.4 is 0 Å². The Kier molecular flexibility index (Phi) is 8.46. The lowest BCUT2D eigenvalue weighted by Gasteiger charge is -2.35. The van der Waals surface area contributed by atoms with Gasteiger partial charge < -0.3 is 14.7 Å². The molecule has 32 heavy (non-hydrogen) atoms. The number of aliphatic hydroxyl groups excluding tert-OH is 1. The van der Waals surface area contributed by atoms with Gasteiger partial charge in [-0.1, -0.05) is 91.0 Å². The SMILES string of the molecule is O[C@@H](CCN1CCN(CCOC(c2ccccc2)c2ccccc2)CC1)c1ccccc1. The van der Waals surface area contributed by atoms with Crippen LogP contribution in [0.5, 0.6) is 0 Å². The van der Waals surface area contributed by atoms with E-state index < -0.39 is 0 Å². The molecule has 3 aromatic carbocycles. The van der Waals surface area contributed by atoms with Gasteiger partial charge in [-0.3, -0.25) is 4.90 Å². The minimum atomic E-state index is -0.379. The Morgan fingerprint density at radius 2 is 1.06 bits per heavy atom. The largest absolute Gasteiger partial charge is 0.388 e. The molecule has 0 aromatic heterocycles. The number of hydrogen-bond donors (Lipinski definition) is 1. The Labute approximate surface area is 192 Å². The summed E-state index contributed by atoms with van der Waals surface area (Å²) in [5.41, 5.74) is 3.40. The summed E-state index contributed by atoms with van der Waals surface area (Å²) in [4.78, 5) is 4.94. The summed E-state index contributed by atoms with van der Waals surface area (Å²) in [7, 11) is 0. The van der Waals surface area contributed by atoms with Gasteiger partial charge >= 0.3 is 0 Å². The smallest absolute Gasteiger partial charge is 0.108 e. The van der Waals surface area contributed by atoms with E-state index in [1.54, 1.807) is 0 Å². The molecule has 0 saturated carbocycles. The fourth-order valence-electron chi connectivity index (χ4n) is 4.32. The Hall–Kier alpha value is -2.50. The molecule has 0 amide bonds. The van der Waals surface area contributed by atoms with Gasteiger partial charge in [0.15, 0.2) is 0 Å². The minimum absolute atomic E-state index is 0.0295. The molecule has 0 radical (unpaired) electrons. The molecule has 1 heterocycles. The van der Waals surface area contributed by atoms with Gasteiger partial charge in [-0.25, -0.2) is 0 Å². The van der Waals surface area contributed by atoms with Crippen molar-refractivity contribution >= 4 is 0 Å². The van der Waals surface area contributed by atoms with Crippen LogP contribution in [0, 0.1) is 0 Å². The molecule has 0 aliphatic carbocycles. The predicted molar refractivity (Wildman–Crippen MR) is 130 cm³/mol. The number of rotatable bonds is 10. The van der Waals surface area contributed by atoms with Crippen LogP contribution in [0.15, 0.2) is 91.0 Å². The average Bonchev–Trinajstić information content (AvgIpc) is 2.87. The molecule has 3 aromatic rings. The summed E-state index contributed by atoms with van der Waals surface area (Å²) in [6.45, 7) is 6.77. The fourth-order valence-corrected chi connectivity index (χ4v) is 4.32. The van der Waals surface area contributed by atoms with Gasteiger partial charge in [0.05, 0.1) is 12.7 Å². The standard InChI is InChI=1S/C28H34N2O2/c31-27(24-10-4-1-5-11-24)16-17-29-18-20-30(21-19-29)22-23-32-28(25-12-6-2-7-13-25)26-14-8-3-9-15-26/h1-15,27-28,31H,16-23H2/t27-/m0/s1. The highest BCUT2D eigenvalue weighted by Crippen LogP contribution is 2.25. The van der Waals surface area contributed by atoms with Crippen molar-refractivity contribution in [2.24, 2.45) is 0 Å². The molecule has 4 heteroatoms. The van der Waals surface area contributed by atoms with E-state index in [2.05, 4.69) is 58.3 Å². The van der Waals surface area contributed by atoms with E-state index in [9.17, 15) is 5.11 Å². The minimum Gasteiger partial charge on any atom is -0.388 e. The van der Waals surface area contributed by atoms with Crippen molar-refractivity contribution in [3.63, 3.8) is 0 Å². The summed E-state index contributed by atoms with van der Waals surface area (Å²) in [6.07, 6.45) is 0.372. The average molecular weight is 431 g/mol. The van der Waals surface area contributed by atoms with Gasteiger partial charge in [-0.2, -0.15) is 0 Å². The van der Waals surface area contributed by atoms with Crippen LogP contribution in [-0.4, -0.2) is 60.8 Å². The summed E-state index contributed by atoms with van der Waals surface area (Å²) in [5, 5.41) is 10.4. The Balaban J connectivity index is 1.20. The molecule has 1 saturated heterocycles. The van der Waals surface area contributed by atoms with Crippen molar-refractivity contribution < 1.29 is 9.84 Å². The van der Waals surface area contributed by atoms with E-state index in [1.807, 2.05) is 42.5 Å². The summed E-state index contributed by atoms with van der Waals surface area (Å²) in [6, 6.07) is 30.9. The highest BCUT2D eigenvalue weighted by atomic mass is 16.5. The van der Waals surface area contributed by atoms with E-state index in [-0.39, 0.29) is 12.2 Å².